The molecule has 53 heavy (non-hydrogen) atoms. The summed E-state index contributed by atoms with van der Waals surface area (Å²) in [5.41, 5.74) is 0.808. The van der Waals surface area contributed by atoms with Crippen molar-refractivity contribution in [3.8, 4) is 0 Å². The van der Waals surface area contributed by atoms with Crippen LogP contribution >= 0.6 is 0 Å². The summed E-state index contributed by atoms with van der Waals surface area (Å²) >= 11 is 0. The number of ketones is 3. The number of benzene rings is 1. The minimum absolute atomic E-state index is 0. The molecule has 3 aliphatic carbocycles. The normalized spacial score (nSPS) is 36.5. The molecule has 1 aromatic rings. The standard InChI is InChI=1S/C19H21NO2.2C12H17NO2.CH4/c21-17-9-10-19-16(8-4-5-11-20(17)19)13-15(18(19)22)12-14-6-2-1-3-7-14;2*14-10-5-4-9-3-1-2-8-13-11(15)6-7-12(9,10)13;/h1-3,6-7,12,16H,4-5,8-11,13H2;2*9H,1-8H2;1H4/b15-12+;;;/t16-,19?;9-,12+;9-,12-;/m000./s1. The first kappa shape index (κ1) is 37.7. The second kappa shape index (κ2) is 14.9. The third kappa shape index (κ3) is 6.03. The Kier molecular flexibility index (Phi) is 10.6. The maximum Gasteiger partial charge on any atom is 0.223 e. The SMILES string of the molecule is C.O=C1CCC23C(=O)/C(=C/c4ccccc4)C[C@@H]2CCCCN13.O=C1CC[C@@]23C(=O)CC[C@@H]2CCCCN13.O=C1CC[C@]23C(=O)CC[C@@H]2CCCCN13. The van der Waals surface area contributed by atoms with E-state index in [-0.39, 0.29) is 42.0 Å². The molecule has 6 heterocycles. The highest BCUT2D eigenvalue weighted by molar-refractivity contribution is 6.11. The topological polar surface area (TPSA) is 112 Å². The molecule has 9 heteroatoms. The summed E-state index contributed by atoms with van der Waals surface area (Å²) in [5, 5.41) is 0. The van der Waals surface area contributed by atoms with Gasteiger partial charge in [-0.3, -0.25) is 28.8 Å². The molecule has 3 amide bonds. The Morgan fingerprint density at radius 3 is 1.43 bits per heavy atom. The van der Waals surface area contributed by atoms with E-state index in [1.54, 1.807) is 0 Å². The molecule has 3 spiro atoms. The first-order valence-corrected chi connectivity index (χ1v) is 20.5. The predicted molar refractivity (Wildman–Crippen MR) is 202 cm³/mol. The molecule has 9 nitrogen and oxygen atoms in total. The largest absolute Gasteiger partial charge is 0.330 e. The summed E-state index contributed by atoms with van der Waals surface area (Å²) in [7, 11) is 0. The second-order valence-corrected chi connectivity index (χ2v) is 17.0. The predicted octanol–water partition coefficient (Wildman–Crippen LogP) is 6.86. The van der Waals surface area contributed by atoms with Crippen molar-refractivity contribution in [1.29, 1.82) is 0 Å². The summed E-state index contributed by atoms with van der Waals surface area (Å²) in [4.78, 5) is 79.1. The van der Waals surface area contributed by atoms with Crippen molar-refractivity contribution in [2.24, 2.45) is 17.8 Å². The lowest BCUT2D eigenvalue weighted by molar-refractivity contribution is -0.139. The molecular weight excluding hydrogens is 666 g/mol. The Hall–Kier alpha value is -3.62. The summed E-state index contributed by atoms with van der Waals surface area (Å²) in [5.74, 6) is 2.80. The fraction of sp³-hybridized carbons (Fsp3) is 0.682. The van der Waals surface area contributed by atoms with Gasteiger partial charge in [-0.05, 0) is 112 Å². The molecule has 9 aliphatic rings. The number of Topliss-reactive ketones (excluding diaryl/α,β-unsaturated/α-hetero) is 3. The quantitative estimate of drug-likeness (QED) is 0.293. The number of carbonyl (C=O) groups excluding carboxylic acids is 6. The van der Waals surface area contributed by atoms with Crippen LogP contribution in [0.5, 0.6) is 0 Å². The Bertz CT molecular complexity index is 1610. The van der Waals surface area contributed by atoms with E-state index < -0.39 is 5.54 Å². The summed E-state index contributed by atoms with van der Waals surface area (Å²) in [6, 6.07) is 10.0. The molecular formula is C44H59N3O6. The number of amides is 3. The first-order valence-electron chi connectivity index (χ1n) is 20.5. The van der Waals surface area contributed by atoms with Gasteiger partial charge >= 0.3 is 0 Å². The van der Waals surface area contributed by atoms with Crippen molar-refractivity contribution in [3.05, 3.63) is 41.5 Å². The van der Waals surface area contributed by atoms with E-state index in [4.69, 9.17) is 0 Å². The molecule has 1 unspecified atom stereocenters. The molecule has 286 valence electrons. The van der Waals surface area contributed by atoms with E-state index in [1.165, 1.54) is 12.8 Å². The fourth-order valence-electron chi connectivity index (χ4n) is 12.4. The Balaban J connectivity index is 0.000000125. The lowest BCUT2D eigenvalue weighted by Crippen LogP contribution is -2.52. The van der Waals surface area contributed by atoms with Crippen molar-refractivity contribution in [2.75, 3.05) is 19.6 Å². The molecule has 6 atom stereocenters. The maximum absolute atomic E-state index is 13.2. The van der Waals surface area contributed by atoms with Crippen molar-refractivity contribution in [3.63, 3.8) is 0 Å². The van der Waals surface area contributed by atoms with E-state index in [1.807, 2.05) is 51.1 Å². The minimum atomic E-state index is -0.506. The van der Waals surface area contributed by atoms with Crippen molar-refractivity contribution < 1.29 is 28.8 Å². The zero-order valence-electron chi connectivity index (χ0n) is 30.8. The highest BCUT2D eigenvalue weighted by Gasteiger charge is 2.61. The number of hydrogen-bond donors (Lipinski definition) is 0. The molecule has 6 saturated heterocycles. The molecule has 0 aromatic heterocycles. The monoisotopic (exact) mass is 725 g/mol. The van der Waals surface area contributed by atoms with Gasteiger partial charge in [-0.1, -0.05) is 57.0 Å². The minimum Gasteiger partial charge on any atom is -0.330 e. The lowest BCUT2D eigenvalue weighted by atomic mass is 9.82. The third-order valence-corrected chi connectivity index (χ3v) is 14.8. The maximum atomic E-state index is 13.2. The Labute approximate surface area is 315 Å². The van der Waals surface area contributed by atoms with Crippen LogP contribution in [0.2, 0.25) is 0 Å². The molecule has 0 N–H and O–H groups in total. The van der Waals surface area contributed by atoms with Crippen LogP contribution in [0, 0.1) is 17.8 Å². The number of hydrogen-bond acceptors (Lipinski definition) is 6. The highest BCUT2D eigenvalue weighted by Crippen LogP contribution is 2.52. The molecule has 3 saturated carbocycles. The van der Waals surface area contributed by atoms with Crippen LogP contribution in [0.15, 0.2) is 35.9 Å². The average molecular weight is 726 g/mol. The van der Waals surface area contributed by atoms with Crippen molar-refractivity contribution >= 4 is 41.1 Å². The van der Waals surface area contributed by atoms with E-state index in [2.05, 4.69) is 0 Å². The van der Waals surface area contributed by atoms with Gasteiger partial charge in [0.05, 0.1) is 0 Å². The average Bonchev–Trinajstić information content (AvgIpc) is 3.89. The van der Waals surface area contributed by atoms with Gasteiger partial charge in [0.15, 0.2) is 17.3 Å². The van der Waals surface area contributed by atoms with Gasteiger partial charge in [0, 0.05) is 51.7 Å². The molecule has 9 fully saturated rings. The van der Waals surface area contributed by atoms with Crippen LogP contribution < -0.4 is 0 Å². The second-order valence-electron chi connectivity index (χ2n) is 17.0. The molecule has 1 aromatic carbocycles. The molecule has 0 radical (unpaired) electrons. The first-order chi connectivity index (χ1) is 25.2. The lowest BCUT2D eigenvalue weighted by Gasteiger charge is -2.36. The Morgan fingerprint density at radius 1 is 0.509 bits per heavy atom. The van der Waals surface area contributed by atoms with Gasteiger partial charge in [0.2, 0.25) is 17.7 Å². The van der Waals surface area contributed by atoms with Crippen molar-refractivity contribution in [1.82, 2.24) is 14.7 Å². The van der Waals surface area contributed by atoms with Crippen LogP contribution in [0.4, 0.5) is 0 Å². The van der Waals surface area contributed by atoms with E-state index in [9.17, 15) is 28.8 Å². The number of nitrogens with zero attached hydrogens (tertiary/aromatic N) is 3. The van der Waals surface area contributed by atoms with Gasteiger partial charge in [-0.2, -0.15) is 0 Å². The Morgan fingerprint density at radius 2 is 0.943 bits per heavy atom. The number of carbonyl (C=O) groups is 6. The number of rotatable bonds is 1. The van der Waals surface area contributed by atoms with Crippen LogP contribution in [-0.2, 0) is 28.8 Å². The smallest absolute Gasteiger partial charge is 0.223 e. The zero-order chi connectivity index (χ0) is 36.1. The van der Waals surface area contributed by atoms with Gasteiger partial charge in [0.25, 0.3) is 0 Å². The van der Waals surface area contributed by atoms with Crippen LogP contribution in [0.1, 0.15) is 141 Å². The fourth-order valence-corrected chi connectivity index (χ4v) is 12.4. The zero-order valence-corrected chi connectivity index (χ0v) is 30.8. The molecule has 6 aliphatic heterocycles. The van der Waals surface area contributed by atoms with Gasteiger partial charge in [-0.25, -0.2) is 0 Å². The third-order valence-electron chi connectivity index (χ3n) is 14.8. The highest BCUT2D eigenvalue weighted by atomic mass is 16.2. The van der Waals surface area contributed by atoms with E-state index in [0.717, 1.165) is 114 Å². The molecule has 0 bridgehead atoms. The van der Waals surface area contributed by atoms with E-state index in [0.29, 0.717) is 61.4 Å². The van der Waals surface area contributed by atoms with Gasteiger partial charge < -0.3 is 14.7 Å². The van der Waals surface area contributed by atoms with Crippen LogP contribution in [0.3, 0.4) is 0 Å². The summed E-state index contributed by atoms with van der Waals surface area (Å²) in [6.45, 7) is 2.40. The van der Waals surface area contributed by atoms with Gasteiger partial charge in [0.1, 0.15) is 16.6 Å². The summed E-state index contributed by atoms with van der Waals surface area (Å²) < 4.78 is 0. The van der Waals surface area contributed by atoms with E-state index >= 15 is 0 Å². The molecule has 10 rings (SSSR count). The van der Waals surface area contributed by atoms with Gasteiger partial charge in [-0.15, -0.1) is 0 Å². The van der Waals surface area contributed by atoms with Crippen LogP contribution in [0.25, 0.3) is 6.08 Å². The van der Waals surface area contributed by atoms with Crippen molar-refractivity contribution in [2.45, 2.75) is 152 Å². The van der Waals surface area contributed by atoms with Crippen LogP contribution in [-0.4, -0.2) is 86.0 Å². The summed E-state index contributed by atoms with van der Waals surface area (Å²) in [6.07, 6.45) is 20.4.